The Labute approximate surface area is 146 Å². The monoisotopic (exact) mass is 332 g/mol. The van der Waals surface area contributed by atoms with E-state index in [1.165, 1.54) is 23.1 Å². The molecule has 3 nitrogen and oxygen atoms in total. The Morgan fingerprint density at radius 2 is 1.88 bits per heavy atom. The van der Waals surface area contributed by atoms with Crippen LogP contribution in [-0.2, 0) is 11.2 Å². The SMILES string of the molecule is CC(=CCCc1ccoc1)CCCC(C)=CCCC(C)CC(=O)O. The van der Waals surface area contributed by atoms with Crippen molar-refractivity contribution in [2.24, 2.45) is 5.92 Å². The zero-order chi connectivity index (χ0) is 17.8. The highest BCUT2D eigenvalue weighted by atomic mass is 16.4. The van der Waals surface area contributed by atoms with E-state index in [9.17, 15) is 4.79 Å². The molecular formula is C21H32O3. The standard InChI is InChI=1S/C21H32O3/c1-17(9-5-11-19(3)15-21(22)23)7-4-8-18(2)10-6-12-20-13-14-24-16-20/h9-10,13-14,16,19H,4-8,11-12,15H2,1-3H3,(H,22,23). The van der Waals surface area contributed by atoms with Gasteiger partial charge in [-0.15, -0.1) is 0 Å². The Hall–Kier alpha value is -1.77. The van der Waals surface area contributed by atoms with E-state index >= 15 is 0 Å². The lowest BCUT2D eigenvalue weighted by atomic mass is 9.99. The minimum Gasteiger partial charge on any atom is -0.481 e. The van der Waals surface area contributed by atoms with Gasteiger partial charge in [0.1, 0.15) is 0 Å². The molecule has 24 heavy (non-hydrogen) atoms. The summed E-state index contributed by atoms with van der Waals surface area (Å²) in [5.41, 5.74) is 4.14. The van der Waals surface area contributed by atoms with Crippen molar-refractivity contribution in [2.45, 2.75) is 72.1 Å². The van der Waals surface area contributed by atoms with Gasteiger partial charge >= 0.3 is 5.97 Å². The quantitative estimate of drug-likeness (QED) is 0.466. The van der Waals surface area contributed by atoms with Crippen LogP contribution in [0, 0.1) is 5.92 Å². The summed E-state index contributed by atoms with van der Waals surface area (Å²) in [7, 11) is 0. The van der Waals surface area contributed by atoms with Crippen molar-refractivity contribution in [1.29, 1.82) is 0 Å². The van der Waals surface area contributed by atoms with Gasteiger partial charge in [-0.05, 0) is 76.3 Å². The summed E-state index contributed by atoms with van der Waals surface area (Å²) in [5, 5.41) is 8.75. The fraction of sp³-hybridized carbons (Fsp3) is 0.571. The Bertz CT molecular complexity index is 523. The molecule has 0 aliphatic carbocycles. The normalized spacial score (nSPS) is 14.0. The third-order valence-electron chi connectivity index (χ3n) is 4.32. The van der Waals surface area contributed by atoms with Crippen LogP contribution in [0.15, 0.2) is 46.3 Å². The van der Waals surface area contributed by atoms with Crippen molar-refractivity contribution in [3.8, 4) is 0 Å². The van der Waals surface area contributed by atoms with Crippen LogP contribution in [0.4, 0.5) is 0 Å². The largest absolute Gasteiger partial charge is 0.481 e. The molecule has 1 atom stereocenters. The van der Waals surface area contributed by atoms with Crippen LogP contribution in [0.25, 0.3) is 0 Å². The van der Waals surface area contributed by atoms with Crippen LogP contribution in [0.5, 0.6) is 0 Å². The van der Waals surface area contributed by atoms with E-state index in [1.807, 2.05) is 19.3 Å². The van der Waals surface area contributed by atoms with Gasteiger partial charge in [0.2, 0.25) is 0 Å². The first kappa shape index (κ1) is 20.3. The number of aliphatic carboxylic acids is 1. The molecule has 1 aromatic rings. The number of allylic oxidation sites excluding steroid dienone is 4. The zero-order valence-corrected chi connectivity index (χ0v) is 15.4. The minimum absolute atomic E-state index is 0.256. The van der Waals surface area contributed by atoms with Crippen LogP contribution in [0.3, 0.4) is 0 Å². The molecule has 0 bridgehead atoms. The van der Waals surface area contributed by atoms with Crippen LogP contribution < -0.4 is 0 Å². The molecule has 0 amide bonds. The second-order valence-corrected chi connectivity index (χ2v) is 6.91. The van der Waals surface area contributed by atoms with Crippen LogP contribution >= 0.6 is 0 Å². The molecule has 0 saturated heterocycles. The molecule has 0 radical (unpaired) electrons. The first-order valence-electron chi connectivity index (χ1n) is 9.01. The lowest BCUT2D eigenvalue weighted by Crippen LogP contribution is -2.03. The van der Waals surface area contributed by atoms with Gasteiger partial charge in [0, 0.05) is 6.42 Å². The molecule has 0 spiro atoms. The molecule has 1 rings (SSSR count). The van der Waals surface area contributed by atoms with E-state index in [4.69, 9.17) is 9.52 Å². The molecule has 1 N–H and O–H groups in total. The van der Waals surface area contributed by atoms with E-state index in [0.29, 0.717) is 0 Å². The summed E-state index contributed by atoms with van der Waals surface area (Å²) in [6.45, 7) is 6.40. The Morgan fingerprint density at radius 3 is 2.46 bits per heavy atom. The first-order valence-corrected chi connectivity index (χ1v) is 9.01. The van der Waals surface area contributed by atoms with Crippen LogP contribution in [0.2, 0.25) is 0 Å². The summed E-state index contributed by atoms with van der Waals surface area (Å²) < 4.78 is 5.07. The molecule has 3 heteroatoms. The van der Waals surface area contributed by atoms with Gasteiger partial charge in [-0.3, -0.25) is 4.79 Å². The maximum absolute atomic E-state index is 10.6. The molecule has 0 aliphatic heterocycles. The fourth-order valence-electron chi connectivity index (χ4n) is 2.78. The first-order chi connectivity index (χ1) is 11.5. The summed E-state index contributed by atoms with van der Waals surface area (Å²) in [5.74, 6) is -0.440. The summed E-state index contributed by atoms with van der Waals surface area (Å²) >= 11 is 0. The number of hydrogen-bond acceptors (Lipinski definition) is 2. The third kappa shape index (κ3) is 10.1. The number of carbonyl (C=O) groups is 1. The minimum atomic E-state index is -0.696. The van der Waals surface area contributed by atoms with Crippen molar-refractivity contribution in [3.05, 3.63) is 47.5 Å². The second kappa shape index (κ2) is 11.7. The van der Waals surface area contributed by atoms with Crippen LogP contribution in [0.1, 0.15) is 71.3 Å². The van der Waals surface area contributed by atoms with E-state index < -0.39 is 5.97 Å². The lowest BCUT2D eigenvalue weighted by Gasteiger charge is -2.07. The maximum Gasteiger partial charge on any atom is 0.303 e. The smallest absolute Gasteiger partial charge is 0.303 e. The molecule has 0 saturated carbocycles. The topological polar surface area (TPSA) is 50.4 Å². The molecule has 134 valence electrons. The fourth-order valence-corrected chi connectivity index (χ4v) is 2.78. The molecule has 0 aromatic carbocycles. The van der Waals surface area contributed by atoms with Gasteiger partial charge in [-0.2, -0.15) is 0 Å². The predicted molar refractivity (Wildman–Crippen MR) is 99.0 cm³/mol. The number of carboxylic acid groups (broad SMARTS) is 1. The number of rotatable bonds is 12. The Balaban J connectivity index is 2.13. The number of furan rings is 1. The molecule has 0 fully saturated rings. The van der Waals surface area contributed by atoms with Gasteiger partial charge in [0.05, 0.1) is 12.5 Å². The molecule has 1 heterocycles. The van der Waals surface area contributed by atoms with Crippen molar-refractivity contribution in [3.63, 3.8) is 0 Å². The summed E-state index contributed by atoms with van der Waals surface area (Å²) in [6, 6.07) is 2.02. The predicted octanol–water partition coefficient (Wildman–Crippen LogP) is 6.17. The number of hydrogen-bond donors (Lipinski definition) is 1. The van der Waals surface area contributed by atoms with E-state index in [-0.39, 0.29) is 12.3 Å². The lowest BCUT2D eigenvalue weighted by molar-refractivity contribution is -0.138. The number of carboxylic acids is 1. The van der Waals surface area contributed by atoms with Crippen molar-refractivity contribution in [2.75, 3.05) is 0 Å². The average molecular weight is 332 g/mol. The highest BCUT2D eigenvalue weighted by Gasteiger charge is 2.06. The van der Waals surface area contributed by atoms with E-state index in [2.05, 4.69) is 26.0 Å². The highest BCUT2D eigenvalue weighted by Crippen LogP contribution is 2.16. The zero-order valence-electron chi connectivity index (χ0n) is 15.4. The van der Waals surface area contributed by atoms with E-state index in [0.717, 1.165) is 38.5 Å². The van der Waals surface area contributed by atoms with Gasteiger partial charge in [0.25, 0.3) is 0 Å². The average Bonchev–Trinajstić information content (AvgIpc) is 2.99. The van der Waals surface area contributed by atoms with Crippen molar-refractivity contribution >= 4 is 5.97 Å². The van der Waals surface area contributed by atoms with E-state index in [1.54, 1.807) is 6.26 Å². The highest BCUT2D eigenvalue weighted by molar-refractivity contribution is 5.66. The molecular weight excluding hydrogens is 300 g/mol. The Morgan fingerprint density at radius 1 is 1.21 bits per heavy atom. The van der Waals surface area contributed by atoms with Crippen molar-refractivity contribution < 1.29 is 14.3 Å². The summed E-state index contributed by atoms with van der Waals surface area (Å²) in [6.07, 6.45) is 15.9. The summed E-state index contributed by atoms with van der Waals surface area (Å²) in [4.78, 5) is 10.6. The third-order valence-corrected chi connectivity index (χ3v) is 4.32. The van der Waals surface area contributed by atoms with Crippen molar-refractivity contribution in [1.82, 2.24) is 0 Å². The molecule has 1 aromatic heterocycles. The van der Waals surface area contributed by atoms with Gasteiger partial charge < -0.3 is 9.52 Å². The van der Waals surface area contributed by atoms with Crippen LogP contribution in [-0.4, -0.2) is 11.1 Å². The van der Waals surface area contributed by atoms with Gasteiger partial charge in [-0.1, -0.05) is 30.2 Å². The molecule has 1 unspecified atom stereocenters. The number of aryl methyl sites for hydroxylation is 1. The van der Waals surface area contributed by atoms with Gasteiger partial charge in [-0.25, -0.2) is 0 Å². The van der Waals surface area contributed by atoms with Gasteiger partial charge in [0.15, 0.2) is 0 Å². The molecule has 0 aliphatic rings. The Kier molecular flexibility index (Phi) is 9.90. The maximum atomic E-state index is 10.6. The second-order valence-electron chi connectivity index (χ2n) is 6.91.